The van der Waals surface area contributed by atoms with E-state index in [4.69, 9.17) is 23.6 Å². The smallest absolute Gasteiger partial charge is 0.212 e. The minimum atomic E-state index is -0.930. The minimum absolute atomic E-state index is 0.265. The SMILES string of the molecule is COc1cc(OCc2nc(C3(O)CCOCC3)sc2C)c2cc(-c3cn4nc(C)sc4n3)oc2c1. The van der Waals surface area contributed by atoms with Crippen molar-refractivity contribution in [3.63, 3.8) is 0 Å². The number of fused-ring (bicyclic) bond motifs is 2. The summed E-state index contributed by atoms with van der Waals surface area (Å²) in [6.45, 7) is 5.29. The lowest BCUT2D eigenvalue weighted by atomic mass is 9.95. The van der Waals surface area contributed by atoms with Crippen LogP contribution in [0.5, 0.6) is 11.5 Å². The van der Waals surface area contributed by atoms with E-state index in [1.165, 1.54) is 22.7 Å². The van der Waals surface area contributed by atoms with Gasteiger partial charge in [0, 0.05) is 43.1 Å². The Morgan fingerprint density at radius 3 is 2.74 bits per heavy atom. The summed E-state index contributed by atoms with van der Waals surface area (Å²) >= 11 is 3.04. The summed E-state index contributed by atoms with van der Waals surface area (Å²) in [7, 11) is 1.61. The van der Waals surface area contributed by atoms with Crippen molar-refractivity contribution in [2.45, 2.75) is 38.9 Å². The number of aryl methyl sites for hydroxylation is 2. The highest BCUT2D eigenvalue weighted by atomic mass is 32.1. The van der Waals surface area contributed by atoms with Gasteiger partial charge in [0.1, 0.15) is 45.0 Å². The lowest BCUT2D eigenvalue weighted by molar-refractivity contribution is -0.0681. The van der Waals surface area contributed by atoms with Crippen LogP contribution in [0.1, 0.15) is 33.4 Å². The number of methoxy groups -OCH3 is 1. The van der Waals surface area contributed by atoms with Crippen molar-refractivity contribution in [2.24, 2.45) is 0 Å². The van der Waals surface area contributed by atoms with Gasteiger partial charge in [0.15, 0.2) is 5.76 Å². The lowest BCUT2D eigenvalue weighted by Gasteiger charge is -2.29. The van der Waals surface area contributed by atoms with Crippen LogP contribution in [0.2, 0.25) is 0 Å². The van der Waals surface area contributed by atoms with Crippen LogP contribution in [0, 0.1) is 13.8 Å². The first kappa shape index (κ1) is 22.5. The summed E-state index contributed by atoms with van der Waals surface area (Å²) in [4.78, 5) is 11.2. The molecule has 5 aromatic rings. The fraction of sp³-hybridized carbons (Fsp3) is 0.375. The minimum Gasteiger partial charge on any atom is -0.496 e. The zero-order valence-corrected chi connectivity index (χ0v) is 21.2. The van der Waals surface area contributed by atoms with Gasteiger partial charge >= 0.3 is 0 Å². The van der Waals surface area contributed by atoms with Crippen molar-refractivity contribution in [1.29, 1.82) is 0 Å². The summed E-state index contributed by atoms with van der Waals surface area (Å²) in [5, 5.41) is 17.9. The van der Waals surface area contributed by atoms with Gasteiger partial charge in [-0.15, -0.1) is 11.3 Å². The van der Waals surface area contributed by atoms with E-state index in [1.54, 1.807) is 11.6 Å². The molecule has 1 fully saturated rings. The first-order valence-electron chi connectivity index (χ1n) is 11.3. The maximum Gasteiger partial charge on any atom is 0.212 e. The number of thiazole rings is 1. The molecule has 1 aromatic carbocycles. The Bertz CT molecular complexity index is 1490. The third-order valence-electron chi connectivity index (χ3n) is 6.18. The van der Waals surface area contributed by atoms with Crippen molar-refractivity contribution in [2.75, 3.05) is 20.3 Å². The third kappa shape index (κ3) is 4.08. The second-order valence-corrected chi connectivity index (χ2v) is 10.9. The molecular weight excluding hydrogens is 488 g/mol. The first-order valence-corrected chi connectivity index (χ1v) is 12.9. The number of nitrogens with zero attached hydrogens (tertiary/aromatic N) is 4. The van der Waals surface area contributed by atoms with Crippen molar-refractivity contribution < 1.29 is 23.7 Å². The van der Waals surface area contributed by atoms with E-state index in [2.05, 4.69) is 10.1 Å². The zero-order valence-electron chi connectivity index (χ0n) is 19.5. The molecule has 0 bridgehead atoms. The average Bonchev–Trinajstić information content (AvgIpc) is 3.60. The number of hydrogen-bond donors (Lipinski definition) is 1. The molecule has 0 saturated carbocycles. The molecule has 0 radical (unpaired) electrons. The van der Waals surface area contributed by atoms with Crippen molar-refractivity contribution in [3.05, 3.63) is 45.0 Å². The van der Waals surface area contributed by atoms with Gasteiger partial charge in [-0.2, -0.15) is 5.10 Å². The van der Waals surface area contributed by atoms with Gasteiger partial charge in [-0.3, -0.25) is 0 Å². The Kier molecular flexibility index (Phi) is 5.52. The van der Waals surface area contributed by atoms with E-state index in [9.17, 15) is 5.11 Å². The van der Waals surface area contributed by atoms with Gasteiger partial charge < -0.3 is 23.7 Å². The second kappa shape index (κ2) is 8.59. The van der Waals surface area contributed by atoms with Gasteiger partial charge in [-0.1, -0.05) is 11.3 Å². The van der Waals surface area contributed by atoms with Crippen LogP contribution in [-0.2, 0) is 16.9 Å². The molecule has 6 rings (SSSR count). The zero-order chi connectivity index (χ0) is 24.2. The van der Waals surface area contributed by atoms with Crippen LogP contribution in [0.4, 0.5) is 0 Å². The molecule has 1 N–H and O–H groups in total. The van der Waals surface area contributed by atoms with E-state index >= 15 is 0 Å². The highest BCUT2D eigenvalue weighted by Crippen LogP contribution is 2.39. The third-order valence-corrected chi connectivity index (χ3v) is 8.22. The number of aromatic nitrogens is 4. The molecule has 5 heterocycles. The summed E-state index contributed by atoms with van der Waals surface area (Å²) < 4.78 is 25.0. The average molecular weight is 513 g/mol. The van der Waals surface area contributed by atoms with Gasteiger partial charge in [0.25, 0.3) is 0 Å². The van der Waals surface area contributed by atoms with Crippen LogP contribution in [0.25, 0.3) is 27.4 Å². The second-order valence-electron chi connectivity index (χ2n) is 8.58. The van der Waals surface area contributed by atoms with E-state index in [-0.39, 0.29) is 6.61 Å². The van der Waals surface area contributed by atoms with E-state index in [0.717, 1.165) is 30.9 Å². The summed E-state index contributed by atoms with van der Waals surface area (Å²) in [6, 6.07) is 5.60. The van der Waals surface area contributed by atoms with Crippen LogP contribution in [-0.4, -0.2) is 45.0 Å². The molecule has 4 aromatic heterocycles. The summed E-state index contributed by atoms with van der Waals surface area (Å²) in [6.07, 6.45) is 2.96. The fourth-order valence-electron chi connectivity index (χ4n) is 4.19. The number of hydrogen-bond acceptors (Lipinski definition) is 10. The van der Waals surface area contributed by atoms with Crippen LogP contribution < -0.4 is 9.47 Å². The molecule has 0 unspecified atom stereocenters. The standard InChI is InChI=1S/C24H24N4O5S2/c1-13-18(25-22(34-13)24(29)4-6-31-7-5-24)12-32-19-8-15(30-3)9-20-16(19)10-21(33-20)17-11-28-23(26-17)35-14(2)27-28/h8-11,29H,4-7,12H2,1-3H3. The molecule has 0 spiro atoms. The molecule has 1 aliphatic heterocycles. The van der Waals surface area contributed by atoms with E-state index in [1.807, 2.05) is 38.2 Å². The number of benzene rings is 1. The van der Waals surface area contributed by atoms with E-state index < -0.39 is 5.60 Å². The first-order chi connectivity index (χ1) is 16.9. The molecule has 0 aliphatic carbocycles. The van der Waals surface area contributed by atoms with Crippen LogP contribution >= 0.6 is 22.7 Å². The van der Waals surface area contributed by atoms with Gasteiger partial charge in [-0.05, 0) is 19.9 Å². The Balaban J connectivity index is 1.30. The Morgan fingerprint density at radius 2 is 1.97 bits per heavy atom. The molecule has 182 valence electrons. The van der Waals surface area contributed by atoms with Crippen molar-refractivity contribution in [3.8, 4) is 23.0 Å². The number of furan rings is 1. The normalized spacial score (nSPS) is 15.8. The highest BCUT2D eigenvalue weighted by Gasteiger charge is 2.35. The highest BCUT2D eigenvalue weighted by molar-refractivity contribution is 7.16. The molecule has 11 heteroatoms. The molecular formula is C24H24N4O5S2. The van der Waals surface area contributed by atoms with Gasteiger partial charge in [-0.25, -0.2) is 14.5 Å². The quantitative estimate of drug-likeness (QED) is 0.344. The predicted octanol–water partition coefficient (Wildman–Crippen LogP) is 4.86. The number of ether oxygens (including phenoxy) is 3. The number of rotatable bonds is 6. The number of imidazole rings is 1. The summed E-state index contributed by atoms with van der Waals surface area (Å²) in [5.74, 6) is 1.88. The molecule has 1 aliphatic rings. The maximum atomic E-state index is 11.0. The number of aliphatic hydroxyl groups is 1. The van der Waals surface area contributed by atoms with Crippen molar-refractivity contribution >= 4 is 38.6 Å². The molecule has 9 nitrogen and oxygen atoms in total. The summed E-state index contributed by atoms with van der Waals surface area (Å²) in [5.41, 5.74) is 1.22. The lowest BCUT2D eigenvalue weighted by Crippen LogP contribution is -2.33. The van der Waals surface area contributed by atoms with E-state index in [0.29, 0.717) is 54.6 Å². The topological polar surface area (TPSA) is 104 Å². The molecule has 0 atom stereocenters. The monoisotopic (exact) mass is 512 g/mol. The molecule has 35 heavy (non-hydrogen) atoms. The molecule has 1 saturated heterocycles. The van der Waals surface area contributed by atoms with Crippen molar-refractivity contribution in [1.82, 2.24) is 19.6 Å². The van der Waals surface area contributed by atoms with Crippen LogP contribution in [0.3, 0.4) is 0 Å². The molecule has 0 amide bonds. The Morgan fingerprint density at radius 1 is 1.14 bits per heavy atom. The fourth-order valence-corrected chi connectivity index (χ4v) is 5.98. The largest absolute Gasteiger partial charge is 0.496 e. The Labute approximate surface area is 208 Å². The predicted molar refractivity (Wildman–Crippen MR) is 132 cm³/mol. The van der Waals surface area contributed by atoms with Gasteiger partial charge in [0.05, 0.1) is 24.4 Å². The van der Waals surface area contributed by atoms with Gasteiger partial charge in [0.2, 0.25) is 4.96 Å². The maximum absolute atomic E-state index is 11.0. The van der Waals surface area contributed by atoms with Crippen LogP contribution in [0.15, 0.2) is 28.8 Å². The Hall–Kier alpha value is -2.99.